The maximum atomic E-state index is 6.21. The van der Waals surface area contributed by atoms with Crippen LogP contribution < -0.4 is 16.4 Å². The highest BCUT2D eigenvalue weighted by atomic mass is 15.2. The summed E-state index contributed by atoms with van der Waals surface area (Å²) < 4.78 is 0. The van der Waals surface area contributed by atoms with Gasteiger partial charge in [-0.3, -0.25) is 0 Å². The minimum absolute atomic E-state index is 0.743. The van der Waals surface area contributed by atoms with E-state index in [2.05, 4.69) is 15.6 Å². The molecule has 0 saturated carbocycles. The Hall–Kier alpha value is -2.59. The van der Waals surface area contributed by atoms with Gasteiger partial charge in [0, 0.05) is 11.3 Å². The van der Waals surface area contributed by atoms with E-state index in [-0.39, 0.29) is 0 Å². The summed E-state index contributed by atoms with van der Waals surface area (Å²) in [6.45, 7) is 1.88. The number of hydrogen-bond acceptors (Lipinski definition) is 4. The molecule has 0 aromatic heterocycles. The molecule has 0 amide bonds. The van der Waals surface area contributed by atoms with Crippen molar-refractivity contribution in [3.63, 3.8) is 0 Å². The third-order valence-electron chi connectivity index (χ3n) is 3.14. The molecule has 4 heteroatoms. The Morgan fingerprint density at radius 1 is 1.00 bits per heavy atom. The molecule has 0 radical (unpaired) electrons. The number of anilines is 1. The zero-order valence-corrected chi connectivity index (χ0v) is 11.9. The van der Waals surface area contributed by atoms with Gasteiger partial charge in [0.05, 0.1) is 0 Å². The first kappa shape index (κ1) is 13.4. The van der Waals surface area contributed by atoms with Gasteiger partial charge in [-0.25, -0.2) is 4.99 Å². The lowest BCUT2D eigenvalue weighted by atomic mass is 10.1. The van der Waals surface area contributed by atoms with Crippen LogP contribution in [0.1, 0.15) is 12.5 Å². The van der Waals surface area contributed by atoms with Gasteiger partial charge in [-0.05, 0) is 25.1 Å². The van der Waals surface area contributed by atoms with Gasteiger partial charge in [0.1, 0.15) is 17.3 Å². The number of nitrogens with one attached hydrogen (secondary N) is 2. The summed E-state index contributed by atoms with van der Waals surface area (Å²) in [6.07, 6.45) is 1.88. The highest BCUT2D eigenvalue weighted by Gasteiger charge is 2.22. The second kappa shape index (κ2) is 5.42. The molecule has 0 fully saturated rings. The fourth-order valence-electron chi connectivity index (χ4n) is 2.23. The van der Waals surface area contributed by atoms with Crippen molar-refractivity contribution in [2.45, 2.75) is 12.6 Å². The minimum Gasteiger partial charge on any atom is -0.342 e. The van der Waals surface area contributed by atoms with Gasteiger partial charge in [-0.1, -0.05) is 48.5 Å². The summed E-state index contributed by atoms with van der Waals surface area (Å²) in [5.74, 6) is 1.60. The Kier molecular flexibility index (Phi) is 3.46. The number of rotatable bonds is 3. The number of benzene rings is 2. The van der Waals surface area contributed by atoms with Gasteiger partial charge in [0.2, 0.25) is 0 Å². The van der Waals surface area contributed by atoms with Gasteiger partial charge in [-0.2, -0.15) is 0 Å². The Balaban J connectivity index is 1.86. The zero-order valence-electron chi connectivity index (χ0n) is 11.9. The quantitative estimate of drug-likeness (QED) is 0.809. The summed E-state index contributed by atoms with van der Waals surface area (Å²) in [7, 11) is 0. The van der Waals surface area contributed by atoms with Gasteiger partial charge in [0.25, 0.3) is 0 Å². The summed E-state index contributed by atoms with van der Waals surface area (Å²) in [4.78, 5) is 4.54. The number of para-hydroxylation sites is 1. The molecule has 1 heterocycles. The number of hydrogen-bond donors (Lipinski definition) is 3. The van der Waals surface area contributed by atoms with Gasteiger partial charge in [0.15, 0.2) is 0 Å². The Morgan fingerprint density at radius 2 is 1.62 bits per heavy atom. The molecular formula is C17H18N4. The highest BCUT2D eigenvalue weighted by Crippen LogP contribution is 2.17. The maximum absolute atomic E-state index is 6.21. The van der Waals surface area contributed by atoms with E-state index in [9.17, 15) is 0 Å². The maximum Gasteiger partial charge on any atom is 0.136 e. The smallest absolute Gasteiger partial charge is 0.136 e. The van der Waals surface area contributed by atoms with Crippen LogP contribution in [0.25, 0.3) is 0 Å². The van der Waals surface area contributed by atoms with E-state index in [0.717, 1.165) is 22.9 Å². The van der Waals surface area contributed by atoms with E-state index in [1.165, 1.54) is 0 Å². The molecule has 1 aliphatic heterocycles. The molecule has 1 unspecified atom stereocenters. The van der Waals surface area contributed by atoms with E-state index < -0.39 is 5.66 Å². The normalized spacial score (nSPS) is 21.0. The molecule has 0 spiro atoms. The largest absolute Gasteiger partial charge is 0.342 e. The second-order valence-electron chi connectivity index (χ2n) is 5.23. The van der Waals surface area contributed by atoms with Crippen LogP contribution >= 0.6 is 0 Å². The third-order valence-corrected chi connectivity index (χ3v) is 3.14. The van der Waals surface area contributed by atoms with Crippen LogP contribution in [-0.2, 0) is 0 Å². The van der Waals surface area contributed by atoms with Crippen LogP contribution in [0.3, 0.4) is 0 Å². The summed E-state index contributed by atoms with van der Waals surface area (Å²) in [6, 6.07) is 19.9. The molecule has 0 aliphatic carbocycles. The van der Waals surface area contributed by atoms with E-state index in [0.29, 0.717) is 0 Å². The lowest BCUT2D eigenvalue weighted by Crippen LogP contribution is -2.43. The SMILES string of the molecule is CC1(N)C=C(Nc2ccccc2)NC(c2ccccc2)=N1. The predicted molar refractivity (Wildman–Crippen MR) is 86.9 cm³/mol. The van der Waals surface area contributed by atoms with E-state index in [4.69, 9.17) is 5.73 Å². The molecule has 4 N–H and O–H groups in total. The molecule has 2 aromatic rings. The van der Waals surface area contributed by atoms with Crippen LogP contribution in [0, 0.1) is 0 Å². The fraction of sp³-hybridized carbons (Fsp3) is 0.118. The average Bonchev–Trinajstić information content (AvgIpc) is 2.47. The first-order valence-corrected chi connectivity index (χ1v) is 6.88. The summed E-state index contributed by atoms with van der Waals surface area (Å²) in [5.41, 5.74) is 7.47. The number of nitrogens with zero attached hydrogens (tertiary/aromatic N) is 1. The monoisotopic (exact) mass is 278 g/mol. The van der Waals surface area contributed by atoms with Crippen molar-refractivity contribution in [1.29, 1.82) is 0 Å². The van der Waals surface area contributed by atoms with Crippen LogP contribution in [0.4, 0.5) is 5.69 Å². The van der Waals surface area contributed by atoms with E-state index in [1.54, 1.807) is 0 Å². The van der Waals surface area contributed by atoms with Crippen LogP contribution in [0.5, 0.6) is 0 Å². The van der Waals surface area contributed by atoms with Crippen LogP contribution in [0.15, 0.2) is 77.6 Å². The number of amidine groups is 1. The van der Waals surface area contributed by atoms with Crippen molar-refractivity contribution >= 4 is 11.5 Å². The zero-order chi connectivity index (χ0) is 14.7. The number of nitrogens with two attached hydrogens (primary N) is 1. The summed E-state index contributed by atoms with van der Waals surface area (Å²) in [5, 5.41) is 6.62. The van der Waals surface area contributed by atoms with Gasteiger partial charge in [-0.15, -0.1) is 0 Å². The first-order valence-electron chi connectivity index (χ1n) is 6.88. The lowest BCUT2D eigenvalue weighted by Gasteiger charge is -2.27. The van der Waals surface area contributed by atoms with Crippen molar-refractivity contribution in [2.75, 3.05) is 5.32 Å². The average molecular weight is 278 g/mol. The molecule has 4 nitrogen and oxygen atoms in total. The Bertz CT molecular complexity index is 672. The Labute approximate surface area is 124 Å². The molecule has 0 bridgehead atoms. The predicted octanol–water partition coefficient (Wildman–Crippen LogP) is 2.66. The lowest BCUT2D eigenvalue weighted by molar-refractivity contribution is 0.599. The van der Waals surface area contributed by atoms with Crippen molar-refractivity contribution in [3.8, 4) is 0 Å². The number of aliphatic imine (C=N–C) groups is 1. The van der Waals surface area contributed by atoms with Crippen LogP contribution in [-0.4, -0.2) is 11.5 Å². The highest BCUT2D eigenvalue weighted by molar-refractivity contribution is 6.01. The second-order valence-corrected chi connectivity index (χ2v) is 5.23. The third kappa shape index (κ3) is 3.30. The van der Waals surface area contributed by atoms with Gasteiger partial charge >= 0.3 is 0 Å². The topological polar surface area (TPSA) is 62.4 Å². The fourth-order valence-corrected chi connectivity index (χ4v) is 2.23. The molecule has 21 heavy (non-hydrogen) atoms. The van der Waals surface area contributed by atoms with E-state index >= 15 is 0 Å². The Morgan fingerprint density at radius 3 is 2.29 bits per heavy atom. The molecule has 2 aromatic carbocycles. The minimum atomic E-state index is -0.743. The summed E-state index contributed by atoms with van der Waals surface area (Å²) >= 11 is 0. The molecule has 0 saturated heterocycles. The van der Waals surface area contributed by atoms with Crippen molar-refractivity contribution < 1.29 is 0 Å². The van der Waals surface area contributed by atoms with Crippen molar-refractivity contribution in [2.24, 2.45) is 10.7 Å². The molecule has 1 aliphatic rings. The van der Waals surface area contributed by atoms with Crippen molar-refractivity contribution in [1.82, 2.24) is 5.32 Å². The standard InChI is InChI=1S/C17H18N4/c1-17(18)12-15(19-14-10-6-3-7-11-14)20-16(21-17)13-8-4-2-5-9-13/h2-12,19H,18H2,1H3,(H,20,21). The van der Waals surface area contributed by atoms with Gasteiger partial charge < -0.3 is 16.4 Å². The van der Waals surface area contributed by atoms with Crippen molar-refractivity contribution in [3.05, 3.63) is 78.1 Å². The first-order chi connectivity index (χ1) is 10.1. The molecule has 106 valence electrons. The molecule has 1 atom stereocenters. The molecular weight excluding hydrogens is 260 g/mol. The van der Waals surface area contributed by atoms with E-state index in [1.807, 2.05) is 73.7 Å². The van der Waals surface area contributed by atoms with Crippen LogP contribution in [0.2, 0.25) is 0 Å². The molecule has 3 rings (SSSR count).